The van der Waals surface area contributed by atoms with Crippen molar-refractivity contribution in [3.63, 3.8) is 0 Å². The molecule has 0 aromatic carbocycles. The van der Waals surface area contributed by atoms with Crippen molar-refractivity contribution in [3.8, 4) is 0 Å². The van der Waals surface area contributed by atoms with Gasteiger partial charge in [0.2, 0.25) is 0 Å². The molecule has 0 bridgehead atoms. The summed E-state index contributed by atoms with van der Waals surface area (Å²) in [6, 6.07) is 1.68. The van der Waals surface area contributed by atoms with Crippen molar-refractivity contribution in [2.45, 2.75) is 26.3 Å². The van der Waals surface area contributed by atoms with Crippen molar-refractivity contribution in [3.05, 3.63) is 22.6 Å². The topological polar surface area (TPSA) is 59.4 Å². The normalized spacial score (nSPS) is 15.6. The number of nitrogens with zero attached hydrogens (tertiary/aromatic N) is 3. The number of ether oxygens (including phenoxy) is 1. The summed E-state index contributed by atoms with van der Waals surface area (Å²) >= 11 is 0. The van der Waals surface area contributed by atoms with Gasteiger partial charge in [0.15, 0.2) is 0 Å². The molecule has 1 aromatic heterocycles. The van der Waals surface area contributed by atoms with E-state index in [0.29, 0.717) is 19.8 Å². The van der Waals surface area contributed by atoms with E-state index in [0.717, 1.165) is 44.7 Å². The fraction of sp³-hybridized carbons (Fsp3) is 0.714. The first-order valence-corrected chi connectivity index (χ1v) is 7.42. The number of hydrogen-bond acceptors (Lipinski definition) is 5. The van der Waals surface area contributed by atoms with Crippen LogP contribution in [0.3, 0.4) is 0 Å². The van der Waals surface area contributed by atoms with Gasteiger partial charge in [-0.05, 0) is 25.9 Å². The van der Waals surface area contributed by atoms with E-state index in [1.807, 2.05) is 0 Å². The Hall–Kier alpha value is -1.40. The molecule has 0 atom stereocenters. The van der Waals surface area contributed by atoms with Gasteiger partial charge in [-0.15, -0.1) is 0 Å². The Morgan fingerprint density at radius 2 is 2.15 bits per heavy atom. The summed E-state index contributed by atoms with van der Waals surface area (Å²) in [7, 11) is 0. The van der Waals surface area contributed by atoms with E-state index in [9.17, 15) is 4.79 Å². The molecular weight excluding hydrogens is 256 g/mol. The van der Waals surface area contributed by atoms with E-state index in [-0.39, 0.29) is 5.56 Å². The lowest BCUT2D eigenvalue weighted by Gasteiger charge is -2.28. The predicted molar refractivity (Wildman–Crippen MR) is 79.3 cm³/mol. The van der Waals surface area contributed by atoms with Gasteiger partial charge in [-0.3, -0.25) is 4.79 Å². The second-order valence-electron chi connectivity index (χ2n) is 4.98. The summed E-state index contributed by atoms with van der Waals surface area (Å²) in [6.07, 6.45) is 3.84. The molecule has 1 aliphatic rings. The Bertz CT molecular complexity index is 455. The van der Waals surface area contributed by atoms with Gasteiger partial charge in [-0.1, -0.05) is 6.92 Å². The van der Waals surface area contributed by atoms with Gasteiger partial charge in [-0.25, -0.2) is 4.68 Å². The van der Waals surface area contributed by atoms with Crippen LogP contribution in [0, 0.1) is 0 Å². The van der Waals surface area contributed by atoms with Crippen LogP contribution in [-0.2, 0) is 11.3 Å². The lowest BCUT2D eigenvalue weighted by atomic mass is 10.3. The molecule has 0 spiro atoms. The van der Waals surface area contributed by atoms with Gasteiger partial charge in [-0.2, -0.15) is 5.10 Å². The zero-order chi connectivity index (χ0) is 14.2. The number of hydrogen-bond donors (Lipinski definition) is 1. The van der Waals surface area contributed by atoms with Crippen LogP contribution in [-0.4, -0.2) is 49.2 Å². The first kappa shape index (κ1) is 15.0. The van der Waals surface area contributed by atoms with Gasteiger partial charge >= 0.3 is 0 Å². The van der Waals surface area contributed by atoms with Crippen molar-refractivity contribution in [1.29, 1.82) is 0 Å². The predicted octanol–water partition coefficient (Wildman–Crippen LogP) is 0.470. The molecule has 1 saturated heterocycles. The van der Waals surface area contributed by atoms with Gasteiger partial charge in [0.05, 0.1) is 25.1 Å². The summed E-state index contributed by atoms with van der Waals surface area (Å²) < 4.78 is 6.85. The second-order valence-corrected chi connectivity index (χ2v) is 4.98. The minimum absolute atomic E-state index is 0.0236. The maximum Gasteiger partial charge on any atom is 0.268 e. The standard InChI is InChI=1S/C14H24N4O2/c1-2-4-15-5-3-6-18-14(19)11-13(12-16-18)17-7-9-20-10-8-17/h11-12,15H,2-10H2,1H3. The molecule has 20 heavy (non-hydrogen) atoms. The van der Waals surface area contributed by atoms with Crippen molar-refractivity contribution >= 4 is 5.69 Å². The lowest BCUT2D eigenvalue weighted by molar-refractivity contribution is 0.122. The molecule has 6 nitrogen and oxygen atoms in total. The van der Waals surface area contributed by atoms with E-state index in [1.54, 1.807) is 12.3 Å². The quantitative estimate of drug-likeness (QED) is 0.736. The SMILES string of the molecule is CCCNCCCn1ncc(N2CCOCC2)cc1=O. The molecule has 0 radical (unpaired) electrons. The van der Waals surface area contributed by atoms with Crippen LogP contribution in [0.1, 0.15) is 19.8 Å². The first-order valence-electron chi connectivity index (χ1n) is 7.42. The van der Waals surface area contributed by atoms with Crippen LogP contribution < -0.4 is 15.8 Å². The number of aromatic nitrogens is 2. The average molecular weight is 280 g/mol. The Kier molecular flexibility index (Phi) is 6.01. The third kappa shape index (κ3) is 4.31. The van der Waals surface area contributed by atoms with Crippen LogP contribution >= 0.6 is 0 Å². The van der Waals surface area contributed by atoms with Crippen molar-refractivity contribution in [2.24, 2.45) is 0 Å². The second kappa shape index (κ2) is 8.01. The Labute approximate surface area is 119 Å². The zero-order valence-corrected chi connectivity index (χ0v) is 12.2. The largest absolute Gasteiger partial charge is 0.378 e. The van der Waals surface area contributed by atoms with Gasteiger partial charge < -0.3 is 15.0 Å². The number of morpholine rings is 1. The average Bonchev–Trinajstić information content (AvgIpc) is 2.49. The molecule has 1 N–H and O–H groups in total. The molecule has 2 rings (SSSR count). The van der Waals surface area contributed by atoms with Crippen molar-refractivity contribution < 1.29 is 4.74 Å². The van der Waals surface area contributed by atoms with E-state index in [2.05, 4.69) is 22.2 Å². The number of nitrogens with one attached hydrogen (secondary N) is 1. The highest BCUT2D eigenvalue weighted by Gasteiger charge is 2.12. The molecule has 112 valence electrons. The molecule has 0 aliphatic carbocycles. The minimum atomic E-state index is -0.0236. The molecule has 1 aliphatic heterocycles. The molecule has 2 heterocycles. The number of aryl methyl sites for hydroxylation is 1. The maximum atomic E-state index is 12.0. The summed E-state index contributed by atoms with van der Waals surface area (Å²) in [4.78, 5) is 14.2. The minimum Gasteiger partial charge on any atom is -0.378 e. The molecule has 0 saturated carbocycles. The van der Waals surface area contributed by atoms with Crippen LogP contribution in [0.2, 0.25) is 0 Å². The Morgan fingerprint density at radius 3 is 2.85 bits per heavy atom. The highest BCUT2D eigenvalue weighted by molar-refractivity contribution is 5.43. The van der Waals surface area contributed by atoms with Gasteiger partial charge in [0.25, 0.3) is 5.56 Å². The molecule has 1 aromatic rings. The summed E-state index contributed by atoms with van der Waals surface area (Å²) in [5.74, 6) is 0. The molecule has 6 heteroatoms. The summed E-state index contributed by atoms with van der Waals surface area (Å²) in [6.45, 7) is 7.84. The van der Waals surface area contributed by atoms with Gasteiger partial charge in [0, 0.05) is 25.7 Å². The summed E-state index contributed by atoms with van der Waals surface area (Å²) in [5, 5.41) is 7.59. The smallest absolute Gasteiger partial charge is 0.268 e. The number of anilines is 1. The maximum absolute atomic E-state index is 12.0. The third-order valence-electron chi connectivity index (χ3n) is 3.38. The molecule has 0 unspecified atom stereocenters. The van der Waals surface area contributed by atoms with E-state index in [1.165, 1.54) is 4.68 Å². The first-order chi connectivity index (χ1) is 9.81. The lowest BCUT2D eigenvalue weighted by Crippen LogP contribution is -2.37. The van der Waals surface area contributed by atoms with E-state index in [4.69, 9.17) is 4.74 Å². The Morgan fingerprint density at radius 1 is 1.35 bits per heavy atom. The zero-order valence-electron chi connectivity index (χ0n) is 12.2. The fourth-order valence-electron chi connectivity index (χ4n) is 2.24. The highest BCUT2D eigenvalue weighted by atomic mass is 16.5. The fourth-order valence-corrected chi connectivity index (χ4v) is 2.24. The summed E-state index contributed by atoms with van der Waals surface area (Å²) in [5.41, 5.74) is 0.878. The molecular formula is C14H24N4O2. The third-order valence-corrected chi connectivity index (χ3v) is 3.38. The molecule has 1 fully saturated rings. The molecule has 0 amide bonds. The monoisotopic (exact) mass is 280 g/mol. The van der Waals surface area contributed by atoms with Crippen LogP contribution in [0.15, 0.2) is 17.1 Å². The Balaban J connectivity index is 1.87. The van der Waals surface area contributed by atoms with Gasteiger partial charge in [0.1, 0.15) is 0 Å². The van der Waals surface area contributed by atoms with Crippen LogP contribution in [0.25, 0.3) is 0 Å². The van der Waals surface area contributed by atoms with E-state index >= 15 is 0 Å². The van der Waals surface area contributed by atoms with E-state index < -0.39 is 0 Å². The highest BCUT2D eigenvalue weighted by Crippen LogP contribution is 2.11. The van der Waals surface area contributed by atoms with Crippen molar-refractivity contribution in [2.75, 3.05) is 44.3 Å². The van der Waals surface area contributed by atoms with Crippen LogP contribution in [0.5, 0.6) is 0 Å². The van der Waals surface area contributed by atoms with Crippen LogP contribution in [0.4, 0.5) is 5.69 Å². The van der Waals surface area contributed by atoms with Crippen molar-refractivity contribution in [1.82, 2.24) is 15.1 Å². The number of rotatable bonds is 7.